The van der Waals surface area contributed by atoms with Gasteiger partial charge in [0.05, 0.1) is 10.8 Å². The van der Waals surface area contributed by atoms with E-state index in [-0.39, 0.29) is 5.57 Å². The fraction of sp³-hybridized carbons (Fsp3) is 0.452. The van der Waals surface area contributed by atoms with Crippen molar-refractivity contribution >= 4 is 28.9 Å². The van der Waals surface area contributed by atoms with E-state index in [0.29, 0.717) is 0 Å². The zero-order valence-corrected chi connectivity index (χ0v) is 32.2. The van der Waals surface area contributed by atoms with Crippen LogP contribution in [0.4, 0.5) is 0 Å². The quantitative estimate of drug-likeness (QED) is 0.0475. The van der Waals surface area contributed by atoms with E-state index in [0.717, 1.165) is 32.9 Å². The molecule has 13 heteroatoms. The predicted octanol–water partition coefficient (Wildman–Crippen LogP) is 4.45. The SMILES string of the molecule is C/C=C/C=C/C(O)=C1C(O)=C(C)C(=O)[C@@]2(C)O[C@@]3(O)[C@@](C)(O)C(=O)C(C(=O)[C@@H]4[C@@H](/C=C/C)[C@]5(C)C(=O)C(=C(O)/C=C/C=C/C)[C@@H]4[C@](C)(O)C5=O)=C(O)[C@@]3(C)[C@@H]12. The lowest BCUT2D eigenvalue weighted by molar-refractivity contribution is -0.317. The van der Waals surface area contributed by atoms with Gasteiger partial charge in [-0.2, -0.15) is 0 Å². The van der Waals surface area contributed by atoms with E-state index >= 15 is 4.79 Å². The molecular weight excluding hydrogens is 712 g/mol. The maximum Gasteiger partial charge on any atom is 0.216 e. The lowest BCUT2D eigenvalue weighted by atomic mass is 9.42. The summed E-state index contributed by atoms with van der Waals surface area (Å²) >= 11 is 0. The number of allylic oxidation sites excluding steroid dienone is 11. The van der Waals surface area contributed by atoms with Crippen LogP contribution in [-0.4, -0.2) is 87.3 Å². The van der Waals surface area contributed by atoms with Crippen LogP contribution in [-0.2, 0) is 28.7 Å². The second-order valence-corrected chi connectivity index (χ2v) is 15.7. The number of hydrogen-bond donors (Lipinski definition) is 7. The van der Waals surface area contributed by atoms with Crippen LogP contribution < -0.4 is 0 Å². The second kappa shape index (κ2) is 13.1. The summed E-state index contributed by atoms with van der Waals surface area (Å²) in [5, 5.41) is 83.0. The molecule has 4 fully saturated rings. The van der Waals surface area contributed by atoms with E-state index in [1.54, 1.807) is 39.0 Å². The molecule has 294 valence electrons. The van der Waals surface area contributed by atoms with Gasteiger partial charge in [-0.15, -0.1) is 0 Å². The number of Topliss-reactive ketones (excluding diaryl/α,β-unsaturated/α-hetero) is 5. The number of rotatable bonds is 7. The average Bonchev–Trinajstić information content (AvgIpc) is 3.32. The van der Waals surface area contributed by atoms with Gasteiger partial charge < -0.3 is 40.5 Å². The molecule has 3 saturated carbocycles. The Labute approximate surface area is 318 Å². The highest BCUT2D eigenvalue weighted by Gasteiger charge is 2.83. The van der Waals surface area contributed by atoms with E-state index in [1.165, 1.54) is 51.2 Å². The van der Waals surface area contributed by atoms with Crippen LogP contribution in [0.15, 0.2) is 106 Å². The molecule has 6 aliphatic rings. The Bertz CT molecular complexity index is 2100. The number of ketones is 5. The monoisotopic (exact) mass is 760 g/mol. The molecule has 0 unspecified atom stereocenters. The van der Waals surface area contributed by atoms with Gasteiger partial charge in [0.15, 0.2) is 28.7 Å². The fourth-order valence-corrected chi connectivity index (χ4v) is 9.78. The molecule has 0 aromatic carbocycles. The third-order valence-electron chi connectivity index (χ3n) is 12.5. The minimum absolute atomic E-state index is 0.309. The molecule has 6 rings (SSSR count). The number of fused-ring (bicyclic) bond motifs is 6. The molecule has 5 aliphatic carbocycles. The fourth-order valence-electron chi connectivity index (χ4n) is 9.78. The van der Waals surface area contributed by atoms with Gasteiger partial charge in [0.1, 0.15) is 39.8 Å². The maximum atomic E-state index is 15.3. The van der Waals surface area contributed by atoms with Crippen molar-refractivity contribution in [2.45, 2.75) is 84.9 Å². The van der Waals surface area contributed by atoms with Crippen molar-refractivity contribution in [2.24, 2.45) is 34.5 Å². The summed E-state index contributed by atoms with van der Waals surface area (Å²) in [5.74, 6) is -18.7. The largest absolute Gasteiger partial charge is 0.511 e. The molecule has 13 nitrogen and oxygen atoms in total. The zero-order chi connectivity index (χ0) is 41.6. The highest BCUT2D eigenvalue weighted by Crippen LogP contribution is 2.69. The molecule has 0 radical (unpaired) electrons. The molecule has 1 heterocycles. The Kier molecular flexibility index (Phi) is 9.80. The van der Waals surface area contributed by atoms with Crippen molar-refractivity contribution in [1.82, 2.24) is 0 Å². The number of aliphatic hydroxyl groups excluding tert-OH is 4. The summed E-state index contributed by atoms with van der Waals surface area (Å²) in [6.45, 7) is 11.6. The first kappa shape index (κ1) is 41.2. The predicted molar refractivity (Wildman–Crippen MR) is 198 cm³/mol. The van der Waals surface area contributed by atoms with E-state index in [9.17, 15) is 54.9 Å². The lowest BCUT2D eigenvalue weighted by Gasteiger charge is -2.58. The molecule has 1 saturated heterocycles. The Morgan fingerprint density at radius 3 is 1.78 bits per heavy atom. The standard InChI is InChI=1S/C42H48O13/c1-10-13-15-18-22(43)25-28-24(21(17-12-3)37(5,33(25)48)36(51)39(28,7)52)30(46)27-34(49)38(6)31-26(23(44)19-16-14-11-2)29(45)20(4)32(47)40(31,8)55-42(38,54)41(9,53)35(27)50/h10-19,21,24,28,31,43-45,49,52-54H,1-9H3/b13-10+,14-11+,17-12+,18-15+,19-16+,25-22?,26-23?/t21-,24-,28-,31-,37-,38-,39+,40+,41+,42-/m1/s1. The first-order chi connectivity index (χ1) is 25.4. The number of carbonyl (C=O) groups excluding carboxylic acids is 5. The van der Waals surface area contributed by atoms with Crippen LogP contribution in [0.25, 0.3) is 0 Å². The van der Waals surface area contributed by atoms with Gasteiger partial charge in [0, 0.05) is 40.4 Å². The highest BCUT2D eigenvalue weighted by molar-refractivity contribution is 6.28. The van der Waals surface area contributed by atoms with Crippen LogP contribution in [0.5, 0.6) is 0 Å². The van der Waals surface area contributed by atoms with Crippen LogP contribution in [0.2, 0.25) is 0 Å². The summed E-state index contributed by atoms with van der Waals surface area (Å²) in [5.41, 5.74) is -15.0. The summed E-state index contributed by atoms with van der Waals surface area (Å²) in [4.78, 5) is 71.9. The third-order valence-corrected chi connectivity index (χ3v) is 12.5. The van der Waals surface area contributed by atoms with E-state index in [1.807, 2.05) is 0 Å². The van der Waals surface area contributed by atoms with Crippen LogP contribution >= 0.6 is 0 Å². The van der Waals surface area contributed by atoms with Crippen molar-refractivity contribution in [3.63, 3.8) is 0 Å². The number of hydrogen-bond acceptors (Lipinski definition) is 13. The van der Waals surface area contributed by atoms with Gasteiger partial charge in [0.2, 0.25) is 11.6 Å². The van der Waals surface area contributed by atoms with Crippen LogP contribution in [0.1, 0.15) is 62.3 Å². The molecule has 10 atom stereocenters. The van der Waals surface area contributed by atoms with Crippen LogP contribution in [0.3, 0.4) is 0 Å². The Balaban J connectivity index is 1.89. The molecule has 0 aromatic heterocycles. The minimum atomic E-state index is -3.21. The Morgan fingerprint density at radius 2 is 1.27 bits per heavy atom. The topological polar surface area (TPSA) is 236 Å². The van der Waals surface area contributed by atoms with E-state index in [2.05, 4.69) is 0 Å². The summed E-state index contributed by atoms with van der Waals surface area (Å²) < 4.78 is 6.00. The Morgan fingerprint density at radius 1 is 0.745 bits per heavy atom. The Hall–Kier alpha value is -4.95. The van der Waals surface area contributed by atoms with Crippen molar-refractivity contribution < 1.29 is 64.5 Å². The average molecular weight is 761 g/mol. The number of ether oxygens (including phenoxy) is 1. The molecule has 1 aliphatic heterocycles. The van der Waals surface area contributed by atoms with E-state index < -0.39 is 126 Å². The van der Waals surface area contributed by atoms with Crippen LogP contribution in [0, 0.1) is 34.5 Å². The number of carbonyl (C=O) groups is 5. The zero-order valence-electron chi connectivity index (χ0n) is 32.2. The minimum Gasteiger partial charge on any atom is -0.511 e. The molecule has 0 spiro atoms. The summed E-state index contributed by atoms with van der Waals surface area (Å²) in [6, 6.07) is 0. The molecule has 7 N–H and O–H groups in total. The molecular formula is C42H48O13. The van der Waals surface area contributed by atoms with Crippen molar-refractivity contribution in [3.8, 4) is 0 Å². The van der Waals surface area contributed by atoms with Gasteiger partial charge in [-0.25, -0.2) is 0 Å². The van der Waals surface area contributed by atoms with Gasteiger partial charge in [0.25, 0.3) is 0 Å². The number of aliphatic hydroxyl groups is 7. The lowest BCUT2D eigenvalue weighted by Crippen LogP contribution is -2.73. The summed E-state index contributed by atoms with van der Waals surface area (Å²) in [7, 11) is 0. The molecule has 2 bridgehead atoms. The third kappa shape index (κ3) is 4.95. The van der Waals surface area contributed by atoms with Crippen molar-refractivity contribution in [1.29, 1.82) is 0 Å². The van der Waals surface area contributed by atoms with Gasteiger partial charge in [-0.05, 0) is 74.5 Å². The van der Waals surface area contributed by atoms with Gasteiger partial charge >= 0.3 is 0 Å². The van der Waals surface area contributed by atoms with Gasteiger partial charge in [-0.3, -0.25) is 24.0 Å². The first-order valence-corrected chi connectivity index (χ1v) is 17.9. The molecule has 0 amide bonds. The van der Waals surface area contributed by atoms with Crippen molar-refractivity contribution in [3.05, 3.63) is 106 Å². The highest BCUT2D eigenvalue weighted by atomic mass is 16.7. The smallest absolute Gasteiger partial charge is 0.216 e. The summed E-state index contributed by atoms with van der Waals surface area (Å²) in [6.07, 6.45) is 14.3. The molecule has 0 aromatic rings. The maximum absolute atomic E-state index is 15.3. The second-order valence-electron chi connectivity index (χ2n) is 15.7. The first-order valence-electron chi connectivity index (χ1n) is 17.9. The van der Waals surface area contributed by atoms with Crippen molar-refractivity contribution in [2.75, 3.05) is 0 Å². The van der Waals surface area contributed by atoms with Gasteiger partial charge in [-0.1, -0.05) is 48.6 Å². The molecule has 55 heavy (non-hydrogen) atoms. The normalized spacial score (nSPS) is 42.6. The van der Waals surface area contributed by atoms with E-state index in [4.69, 9.17) is 4.74 Å².